The average Bonchev–Trinajstić information content (AvgIpc) is 2.42. The van der Waals surface area contributed by atoms with E-state index in [0.717, 1.165) is 12.8 Å². The first kappa shape index (κ1) is 17.1. The summed E-state index contributed by atoms with van der Waals surface area (Å²) in [6.07, 6.45) is 1.72. The van der Waals surface area contributed by atoms with Crippen LogP contribution < -0.4 is 5.73 Å². The minimum Gasteiger partial charge on any atom is -0.326 e. The summed E-state index contributed by atoms with van der Waals surface area (Å²) in [6, 6.07) is 2.71. The number of hydrogen-bond acceptors (Lipinski definition) is 3. The molecule has 0 unspecified atom stereocenters. The molecule has 6 heteroatoms. The molecule has 0 fully saturated rings. The molecule has 1 aromatic carbocycles. The Hall–Kier alpha value is -0.980. The smallest absolute Gasteiger partial charge is 0.243 e. The third-order valence-corrected chi connectivity index (χ3v) is 5.23. The maximum absolute atomic E-state index is 13.8. The monoisotopic (exact) mass is 302 g/mol. The van der Waals surface area contributed by atoms with Crippen molar-refractivity contribution in [3.05, 3.63) is 29.1 Å². The number of hydrogen-bond donors (Lipinski definition) is 1. The van der Waals surface area contributed by atoms with Crippen molar-refractivity contribution in [1.82, 2.24) is 4.31 Å². The molecule has 0 aliphatic rings. The van der Waals surface area contributed by atoms with Crippen LogP contribution in [0.15, 0.2) is 17.0 Å². The Morgan fingerprint density at radius 3 is 2.45 bits per heavy atom. The van der Waals surface area contributed by atoms with Gasteiger partial charge in [-0.3, -0.25) is 0 Å². The first-order valence-electron chi connectivity index (χ1n) is 6.87. The SMILES string of the molecule is CCCCN(CC)S(=O)(=O)c1cc(C)c(F)c(CN)c1. The Bertz CT molecular complexity index is 559. The van der Waals surface area contributed by atoms with Gasteiger partial charge < -0.3 is 5.73 Å². The summed E-state index contributed by atoms with van der Waals surface area (Å²) >= 11 is 0. The molecule has 0 aliphatic carbocycles. The van der Waals surface area contributed by atoms with Crippen molar-refractivity contribution in [2.75, 3.05) is 13.1 Å². The summed E-state index contributed by atoms with van der Waals surface area (Å²) in [5.74, 6) is -0.428. The van der Waals surface area contributed by atoms with Crippen LogP contribution in [0.3, 0.4) is 0 Å². The van der Waals surface area contributed by atoms with Gasteiger partial charge in [0, 0.05) is 25.2 Å². The molecule has 20 heavy (non-hydrogen) atoms. The highest BCUT2D eigenvalue weighted by molar-refractivity contribution is 7.89. The fourth-order valence-electron chi connectivity index (χ4n) is 2.04. The molecule has 2 N–H and O–H groups in total. The molecule has 0 saturated heterocycles. The molecule has 0 atom stereocenters. The van der Waals surface area contributed by atoms with E-state index in [1.165, 1.54) is 16.4 Å². The number of unbranched alkanes of at least 4 members (excludes halogenated alkanes) is 1. The second kappa shape index (κ2) is 7.15. The number of halogens is 1. The summed E-state index contributed by atoms with van der Waals surface area (Å²) < 4.78 is 40.3. The van der Waals surface area contributed by atoms with Gasteiger partial charge in [-0.2, -0.15) is 4.31 Å². The molecular formula is C14H23FN2O2S. The fraction of sp³-hybridized carbons (Fsp3) is 0.571. The summed E-state index contributed by atoms with van der Waals surface area (Å²) in [5, 5.41) is 0. The molecule has 0 aromatic heterocycles. The minimum absolute atomic E-state index is 0.0167. The summed E-state index contributed by atoms with van der Waals surface area (Å²) in [6.45, 7) is 6.22. The zero-order valence-electron chi connectivity index (χ0n) is 12.3. The van der Waals surface area contributed by atoms with Crippen molar-refractivity contribution < 1.29 is 12.8 Å². The van der Waals surface area contributed by atoms with Crippen LogP contribution >= 0.6 is 0 Å². The van der Waals surface area contributed by atoms with Crippen LogP contribution in [-0.2, 0) is 16.6 Å². The third-order valence-electron chi connectivity index (χ3n) is 3.27. The maximum atomic E-state index is 13.8. The normalized spacial score (nSPS) is 12.1. The lowest BCUT2D eigenvalue weighted by molar-refractivity contribution is 0.418. The number of sulfonamides is 1. The highest BCUT2D eigenvalue weighted by atomic mass is 32.2. The van der Waals surface area contributed by atoms with Gasteiger partial charge in [-0.05, 0) is 31.0 Å². The highest BCUT2D eigenvalue weighted by Gasteiger charge is 2.24. The van der Waals surface area contributed by atoms with Crippen LogP contribution in [0.5, 0.6) is 0 Å². The van der Waals surface area contributed by atoms with Crippen molar-refractivity contribution in [2.24, 2.45) is 5.73 Å². The standard InChI is InChI=1S/C14H23FN2O2S/c1-4-6-7-17(5-2)20(18,19)13-8-11(3)14(15)12(9-13)10-16/h8-9H,4-7,10,16H2,1-3H3. The Morgan fingerprint density at radius 2 is 1.95 bits per heavy atom. The Balaban J connectivity index is 3.23. The van der Waals surface area contributed by atoms with Crippen molar-refractivity contribution in [3.63, 3.8) is 0 Å². The van der Waals surface area contributed by atoms with E-state index in [1.807, 2.05) is 6.92 Å². The quantitative estimate of drug-likeness (QED) is 0.841. The van der Waals surface area contributed by atoms with E-state index >= 15 is 0 Å². The second-order valence-electron chi connectivity index (χ2n) is 4.77. The van der Waals surface area contributed by atoms with Crippen LogP contribution in [0.2, 0.25) is 0 Å². The molecule has 0 bridgehead atoms. The average molecular weight is 302 g/mol. The van der Waals surface area contributed by atoms with Crippen LogP contribution in [0.1, 0.15) is 37.8 Å². The van der Waals surface area contributed by atoms with Gasteiger partial charge in [-0.1, -0.05) is 20.3 Å². The number of benzene rings is 1. The number of rotatable bonds is 7. The Morgan fingerprint density at radius 1 is 1.30 bits per heavy atom. The molecule has 0 saturated carbocycles. The first-order chi connectivity index (χ1) is 9.38. The molecule has 0 amide bonds. The second-order valence-corrected chi connectivity index (χ2v) is 6.71. The topological polar surface area (TPSA) is 63.4 Å². The Kier molecular flexibility index (Phi) is 6.10. The van der Waals surface area contributed by atoms with E-state index in [4.69, 9.17) is 5.73 Å². The zero-order chi connectivity index (χ0) is 15.3. The highest BCUT2D eigenvalue weighted by Crippen LogP contribution is 2.22. The largest absolute Gasteiger partial charge is 0.326 e. The lowest BCUT2D eigenvalue weighted by Crippen LogP contribution is -2.32. The summed E-state index contributed by atoms with van der Waals surface area (Å²) in [7, 11) is -3.58. The molecule has 114 valence electrons. The van der Waals surface area contributed by atoms with E-state index < -0.39 is 15.8 Å². The van der Waals surface area contributed by atoms with E-state index in [2.05, 4.69) is 0 Å². The summed E-state index contributed by atoms with van der Waals surface area (Å²) in [4.78, 5) is 0.120. The van der Waals surface area contributed by atoms with Gasteiger partial charge in [0.25, 0.3) is 0 Å². The number of nitrogens with zero attached hydrogens (tertiary/aromatic N) is 1. The van der Waals surface area contributed by atoms with Crippen molar-refractivity contribution in [1.29, 1.82) is 0 Å². The molecule has 0 heterocycles. The molecule has 0 spiro atoms. The number of aryl methyl sites for hydroxylation is 1. The Labute approximate surface area is 120 Å². The maximum Gasteiger partial charge on any atom is 0.243 e. The lowest BCUT2D eigenvalue weighted by Gasteiger charge is -2.21. The van der Waals surface area contributed by atoms with Crippen LogP contribution in [0.4, 0.5) is 4.39 Å². The van der Waals surface area contributed by atoms with E-state index in [-0.39, 0.29) is 17.0 Å². The predicted molar refractivity (Wildman–Crippen MR) is 78.4 cm³/mol. The molecule has 1 aromatic rings. The predicted octanol–water partition coefficient (Wildman–Crippen LogP) is 2.40. The first-order valence-corrected chi connectivity index (χ1v) is 8.31. The van der Waals surface area contributed by atoms with E-state index in [9.17, 15) is 12.8 Å². The minimum atomic E-state index is -3.58. The molecule has 1 rings (SSSR count). The van der Waals surface area contributed by atoms with Gasteiger partial charge >= 0.3 is 0 Å². The molecule has 4 nitrogen and oxygen atoms in total. The number of nitrogens with two attached hydrogens (primary N) is 1. The zero-order valence-corrected chi connectivity index (χ0v) is 13.1. The van der Waals surface area contributed by atoms with E-state index in [1.54, 1.807) is 13.8 Å². The van der Waals surface area contributed by atoms with Gasteiger partial charge in [-0.15, -0.1) is 0 Å². The molecule has 0 aliphatic heterocycles. The van der Waals surface area contributed by atoms with Crippen molar-refractivity contribution >= 4 is 10.0 Å². The van der Waals surface area contributed by atoms with Crippen LogP contribution in [0.25, 0.3) is 0 Å². The summed E-state index contributed by atoms with van der Waals surface area (Å²) in [5.41, 5.74) is 6.01. The molecule has 0 radical (unpaired) electrons. The van der Waals surface area contributed by atoms with Gasteiger partial charge in [0.15, 0.2) is 0 Å². The van der Waals surface area contributed by atoms with Gasteiger partial charge in [0.05, 0.1) is 4.90 Å². The lowest BCUT2D eigenvalue weighted by atomic mass is 10.1. The van der Waals surface area contributed by atoms with Crippen LogP contribution in [-0.4, -0.2) is 25.8 Å². The fourth-order valence-corrected chi connectivity index (χ4v) is 3.66. The van der Waals surface area contributed by atoms with Gasteiger partial charge in [-0.25, -0.2) is 12.8 Å². The van der Waals surface area contributed by atoms with E-state index in [0.29, 0.717) is 18.7 Å². The van der Waals surface area contributed by atoms with Crippen molar-refractivity contribution in [2.45, 2.75) is 45.1 Å². The van der Waals surface area contributed by atoms with Crippen LogP contribution in [0, 0.1) is 12.7 Å². The molecular weight excluding hydrogens is 279 g/mol. The van der Waals surface area contributed by atoms with Gasteiger partial charge in [0.2, 0.25) is 10.0 Å². The van der Waals surface area contributed by atoms with Crippen molar-refractivity contribution in [3.8, 4) is 0 Å². The third kappa shape index (κ3) is 3.56. The van der Waals surface area contributed by atoms with Gasteiger partial charge in [0.1, 0.15) is 5.82 Å².